The Morgan fingerprint density at radius 1 is 1.20 bits per heavy atom. The number of anilines is 1. The van der Waals surface area contributed by atoms with Crippen molar-refractivity contribution in [2.24, 2.45) is 11.7 Å². The summed E-state index contributed by atoms with van der Waals surface area (Å²) < 4.78 is 25.2. The molecule has 1 aromatic rings. The number of likely N-dealkylation sites (N-methyl/N-ethyl adjacent to an activating group) is 1. The number of sulfonamides is 1. The van der Waals surface area contributed by atoms with Gasteiger partial charge in [0.1, 0.15) is 0 Å². The Balaban J connectivity index is 2.19. The Morgan fingerprint density at radius 2 is 1.75 bits per heavy atom. The van der Waals surface area contributed by atoms with Crippen LogP contribution >= 0.6 is 0 Å². The first-order valence-corrected chi connectivity index (χ1v) is 8.27. The van der Waals surface area contributed by atoms with Crippen LogP contribution in [0.25, 0.3) is 0 Å². The average molecular weight is 297 g/mol. The van der Waals surface area contributed by atoms with E-state index in [4.69, 9.17) is 5.73 Å². The van der Waals surface area contributed by atoms with Crippen LogP contribution < -0.4 is 10.6 Å². The first-order chi connectivity index (χ1) is 9.37. The van der Waals surface area contributed by atoms with Gasteiger partial charge < -0.3 is 10.6 Å². The third-order valence-corrected chi connectivity index (χ3v) is 5.76. The number of rotatable bonds is 6. The summed E-state index contributed by atoms with van der Waals surface area (Å²) in [6.45, 7) is 0.624. The van der Waals surface area contributed by atoms with Crippen molar-refractivity contribution < 1.29 is 8.42 Å². The Kier molecular flexibility index (Phi) is 4.36. The Morgan fingerprint density at radius 3 is 2.15 bits per heavy atom. The molecule has 0 bridgehead atoms. The van der Waals surface area contributed by atoms with Crippen molar-refractivity contribution in [3.8, 4) is 0 Å². The van der Waals surface area contributed by atoms with Gasteiger partial charge in [-0.1, -0.05) is 0 Å². The molecular weight excluding hydrogens is 274 g/mol. The van der Waals surface area contributed by atoms with E-state index >= 15 is 0 Å². The summed E-state index contributed by atoms with van der Waals surface area (Å²) in [6.07, 6.45) is 2.47. The van der Waals surface area contributed by atoms with Gasteiger partial charge in [0.05, 0.1) is 4.90 Å². The summed E-state index contributed by atoms with van der Waals surface area (Å²) in [5.41, 5.74) is 6.85. The Hall–Kier alpha value is -1.11. The van der Waals surface area contributed by atoms with Gasteiger partial charge in [-0.25, -0.2) is 12.7 Å². The molecule has 1 unspecified atom stereocenters. The average Bonchev–Trinajstić information content (AvgIpc) is 3.24. The van der Waals surface area contributed by atoms with E-state index in [1.807, 2.05) is 19.2 Å². The highest BCUT2D eigenvalue weighted by molar-refractivity contribution is 7.89. The molecule has 0 spiro atoms. The van der Waals surface area contributed by atoms with Gasteiger partial charge in [0.25, 0.3) is 0 Å². The third-order valence-electron chi connectivity index (χ3n) is 3.93. The Bertz CT molecular complexity index is 550. The molecule has 0 amide bonds. The fraction of sp³-hybridized carbons (Fsp3) is 0.571. The maximum Gasteiger partial charge on any atom is 0.242 e. The van der Waals surface area contributed by atoms with Crippen LogP contribution in [-0.4, -0.2) is 46.5 Å². The molecule has 1 atom stereocenters. The maximum atomic E-state index is 12.0. The smallest absolute Gasteiger partial charge is 0.242 e. The topological polar surface area (TPSA) is 66.6 Å². The quantitative estimate of drug-likeness (QED) is 0.854. The molecule has 0 aromatic heterocycles. The van der Waals surface area contributed by atoms with E-state index in [0.29, 0.717) is 23.4 Å². The zero-order valence-corrected chi connectivity index (χ0v) is 13.1. The van der Waals surface area contributed by atoms with Crippen molar-refractivity contribution in [2.45, 2.75) is 23.8 Å². The molecule has 0 heterocycles. The predicted molar refractivity (Wildman–Crippen MR) is 81.3 cm³/mol. The summed E-state index contributed by atoms with van der Waals surface area (Å²) in [6, 6.07) is 7.35. The van der Waals surface area contributed by atoms with E-state index < -0.39 is 10.0 Å². The molecule has 0 aliphatic heterocycles. The normalized spacial score (nSPS) is 17.2. The van der Waals surface area contributed by atoms with Gasteiger partial charge in [-0.15, -0.1) is 0 Å². The van der Waals surface area contributed by atoms with Gasteiger partial charge in [0, 0.05) is 39.4 Å². The second kappa shape index (κ2) is 5.71. The summed E-state index contributed by atoms with van der Waals surface area (Å²) in [4.78, 5) is 2.47. The standard InChI is InChI=1S/C14H23N3O2S/c1-16(2)20(18,19)13-8-6-12(7-9-13)17(3)14(10-15)11-4-5-11/h6-9,11,14H,4-5,10,15H2,1-3H3. The molecule has 1 saturated carbocycles. The van der Waals surface area contributed by atoms with Gasteiger partial charge >= 0.3 is 0 Å². The van der Waals surface area contributed by atoms with Gasteiger partial charge in [0.15, 0.2) is 0 Å². The van der Waals surface area contributed by atoms with E-state index in [2.05, 4.69) is 4.90 Å². The second-order valence-electron chi connectivity index (χ2n) is 5.53. The fourth-order valence-corrected chi connectivity index (χ4v) is 3.30. The minimum absolute atomic E-state index is 0.315. The molecule has 0 saturated heterocycles. The second-order valence-corrected chi connectivity index (χ2v) is 7.68. The van der Waals surface area contributed by atoms with Gasteiger partial charge in [-0.05, 0) is 43.0 Å². The van der Waals surface area contributed by atoms with E-state index in [9.17, 15) is 8.42 Å². The van der Waals surface area contributed by atoms with Crippen LogP contribution in [0, 0.1) is 5.92 Å². The van der Waals surface area contributed by atoms with Gasteiger partial charge in [0.2, 0.25) is 10.0 Å². The zero-order chi connectivity index (χ0) is 14.9. The predicted octanol–water partition coefficient (Wildman–Crippen LogP) is 1.11. The number of hydrogen-bond acceptors (Lipinski definition) is 4. The van der Waals surface area contributed by atoms with Crippen molar-refractivity contribution in [1.82, 2.24) is 4.31 Å². The molecule has 0 radical (unpaired) electrons. The molecule has 1 aliphatic carbocycles. The highest BCUT2D eigenvalue weighted by atomic mass is 32.2. The molecule has 6 heteroatoms. The molecule has 1 fully saturated rings. The molecule has 2 rings (SSSR count). The summed E-state index contributed by atoms with van der Waals surface area (Å²) in [7, 11) is 1.73. The maximum absolute atomic E-state index is 12.0. The molecule has 20 heavy (non-hydrogen) atoms. The lowest BCUT2D eigenvalue weighted by Gasteiger charge is -2.29. The molecule has 1 aliphatic rings. The van der Waals surface area contributed by atoms with Crippen LogP contribution in [0.4, 0.5) is 5.69 Å². The molecule has 2 N–H and O–H groups in total. The minimum atomic E-state index is -3.36. The lowest BCUT2D eigenvalue weighted by molar-refractivity contribution is 0.520. The van der Waals surface area contributed by atoms with Crippen molar-refractivity contribution >= 4 is 15.7 Å². The summed E-state index contributed by atoms with van der Waals surface area (Å²) in [5, 5.41) is 0. The number of benzene rings is 1. The number of nitrogens with zero attached hydrogens (tertiary/aromatic N) is 2. The largest absolute Gasteiger partial charge is 0.370 e. The monoisotopic (exact) mass is 297 g/mol. The summed E-state index contributed by atoms with van der Waals surface area (Å²) >= 11 is 0. The van der Waals surface area contributed by atoms with Crippen LogP contribution in [0.2, 0.25) is 0 Å². The van der Waals surface area contributed by atoms with Crippen LogP contribution in [0.5, 0.6) is 0 Å². The summed E-state index contributed by atoms with van der Waals surface area (Å²) in [5.74, 6) is 0.676. The zero-order valence-electron chi connectivity index (χ0n) is 12.3. The van der Waals surface area contributed by atoms with E-state index in [1.54, 1.807) is 12.1 Å². The fourth-order valence-electron chi connectivity index (χ4n) is 2.40. The molecule has 112 valence electrons. The van der Waals surface area contributed by atoms with Crippen LogP contribution in [0.1, 0.15) is 12.8 Å². The van der Waals surface area contributed by atoms with Gasteiger partial charge in [-0.3, -0.25) is 0 Å². The van der Waals surface area contributed by atoms with Crippen LogP contribution in [0.3, 0.4) is 0 Å². The van der Waals surface area contributed by atoms with E-state index in [1.165, 1.54) is 31.2 Å². The number of hydrogen-bond donors (Lipinski definition) is 1. The molecular formula is C14H23N3O2S. The first kappa shape index (κ1) is 15.3. The minimum Gasteiger partial charge on any atom is -0.370 e. The third kappa shape index (κ3) is 2.97. The SMILES string of the molecule is CN(c1ccc(S(=O)(=O)N(C)C)cc1)C(CN)C1CC1. The van der Waals surface area contributed by atoms with Crippen molar-refractivity contribution in [1.29, 1.82) is 0 Å². The van der Waals surface area contributed by atoms with Crippen molar-refractivity contribution in [3.05, 3.63) is 24.3 Å². The molecule has 5 nitrogen and oxygen atoms in total. The highest BCUT2D eigenvalue weighted by Crippen LogP contribution is 2.36. The van der Waals surface area contributed by atoms with Crippen molar-refractivity contribution in [3.63, 3.8) is 0 Å². The lowest BCUT2D eigenvalue weighted by Crippen LogP contribution is -2.39. The van der Waals surface area contributed by atoms with Crippen LogP contribution in [-0.2, 0) is 10.0 Å². The van der Waals surface area contributed by atoms with Crippen LogP contribution in [0.15, 0.2) is 29.2 Å². The van der Waals surface area contributed by atoms with E-state index in [0.717, 1.165) is 5.69 Å². The first-order valence-electron chi connectivity index (χ1n) is 6.83. The van der Waals surface area contributed by atoms with Gasteiger partial charge in [-0.2, -0.15) is 0 Å². The number of nitrogens with two attached hydrogens (primary N) is 1. The Labute approximate surface area is 121 Å². The van der Waals surface area contributed by atoms with E-state index in [-0.39, 0.29) is 0 Å². The lowest BCUT2D eigenvalue weighted by atomic mass is 10.1. The molecule has 1 aromatic carbocycles. The van der Waals surface area contributed by atoms with Crippen molar-refractivity contribution in [2.75, 3.05) is 32.6 Å². The highest BCUT2D eigenvalue weighted by Gasteiger charge is 2.33.